The van der Waals surface area contributed by atoms with Gasteiger partial charge in [0.15, 0.2) is 11.6 Å². The second-order valence-corrected chi connectivity index (χ2v) is 9.92. The molecule has 4 heterocycles. The van der Waals surface area contributed by atoms with Gasteiger partial charge in [-0.3, -0.25) is 0 Å². The number of fused-ring (bicyclic) bond motifs is 1. The highest BCUT2D eigenvalue weighted by molar-refractivity contribution is 7.89. The molecule has 0 saturated carbocycles. The zero-order chi connectivity index (χ0) is 23.6. The van der Waals surface area contributed by atoms with E-state index in [1.807, 2.05) is 0 Å². The van der Waals surface area contributed by atoms with E-state index in [-0.39, 0.29) is 18.0 Å². The predicted octanol–water partition coefficient (Wildman–Crippen LogP) is 3.87. The number of benzene rings is 1. The van der Waals surface area contributed by atoms with Crippen molar-refractivity contribution in [1.29, 1.82) is 0 Å². The van der Waals surface area contributed by atoms with Gasteiger partial charge in [0.2, 0.25) is 0 Å². The number of nitrogens with zero attached hydrogens (tertiary/aromatic N) is 3. The molecule has 2 aliphatic rings. The number of H-pyrrole nitrogens is 1. The third-order valence-electron chi connectivity index (χ3n) is 6.29. The SMILES string of the molecule is O=S(=O)(c1cc2c(-c3ncc(F)cn3)c(C(F)(F)F)cc(F)c2[nH]1)N1CCC12CCOCC2. The largest absolute Gasteiger partial charge is 0.417 e. The minimum atomic E-state index is -5.00. The summed E-state index contributed by atoms with van der Waals surface area (Å²) in [5, 5.41) is -0.807. The van der Waals surface area contributed by atoms with Crippen LogP contribution in [0, 0.1) is 11.6 Å². The predicted molar refractivity (Wildman–Crippen MR) is 106 cm³/mol. The average molecular weight is 488 g/mol. The maximum absolute atomic E-state index is 14.7. The minimum absolute atomic E-state index is 0.238. The number of halogens is 5. The molecule has 5 rings (SSSR count). The van der Waals surface area contributed by atoms with Gasteiger partial charge in [0.25, 0.3) is 10.0 Å². The zero-order valence-corrected chi connectivity index (χ0v) is 17.7. The number of aromatic nitrogens is 3. The molecule has 0 radical (unpaired) electrons. The molecule has 13 heteroatoms. The molecule has 3 aromatic rings. The van der Waals surface area contributed by atoms with Crippen molar-refractivity contribution in [3.63, 3.8) is 0 Å². The summed E-state index contributed by atoms with van der Waals surface area (Å²) in [6, 6.07) is 1.21. The molecule has 7 nitrogen and oxygen atoms in total. The molecule has 1 spiro atoms. The van der Waals surface area contributed by atoms with Crippen molar-refractivity contribution in [1.82, 2.24) is 19.3 Å². The van der Waals surface area contributed by atoms with Crippen LogP contribution in [0.15, 0.2) is 29.6 Å². The fourth-order valence-corrected chi connectivity index (χ4v) is 6.39. The summed E-state index contributed by atoms with van der Waals surface area (Å²) in [5.74, 6) is -2.67. The van der Waals surface area contributed by atoms with Crippen LogP contribution in [0.5, 0.6) is 0 Å². The molecule has 0 aliphatic carbocycles. The molecule has 2 saturated heterocycles. The quantitative estimate of drug-likeness (QED) is 0.566. The minimum Gasteiger partial charge on any atom is -0.381 e. The summed E-state index contributed by atoms with van der Waals surface area (Å²) in [4.78, 5) is 9.66. The number of rotatable bonds is 3. The lowest BCUT2D eigenvalue weighted by Crippen LogP contribution is -2.63. The van der Waals surface area contributed by atoms with Crippen LogP contribution < -0.4 is 0 Å². The molecule has 1 aromatic carbocycles. The van der Waals surface area contributed by atoms with Crippen molar-refractivity contribution in [3.8, 4) is 11.4 Å². The lowest BCUT2D eigenvalue weighted by Gasteiger charge is -2.53. The molecule has 0 unspecified atom stereocenters. The molecule has 0 bridgehead atoms. The number of aromatic amines is 1. The van der Waals surface area contributed by atoms with Crippen LogP contribution >= 0.6 is 0 Å². The van der Waals surface area contributed by atoms with E-state index in [1.54, 1.807) is 0 Å². The van der Waals surface area contributed by atoms with Crippen LogP contribution in [0.3, 0.4) is 0 Å². The monoisotopic (exact) mass is 488 g/mol. The Bertz CT molecular complexity index is 1330. The fraction of sp³-hybridized carbons (Fsp3) is 0.400. The highest BCUT2D eigenvalue weighted by atomic mass is 32.2. The number of alkyl halides is 3. The van der Waals surface area contributed by atoms with Crippen molar-refractivity contribution in [2.45, 2.75) is 36.0 Å². The molecule has 1 N–H and O–H groups in total. The highest BCUT2D eigenvalue weighted by Crippen LogP contribution is 2.45. The van der Waals surface area contributed by atoms with Crippen LogP contribution in [-0.4, -0.2) is 53.0 Å². The number of hydrogen-bond donors (Lipinski definition) is 1. The lowest BCUT2D eigenvalue weighted by molar-refractivity contribution is -0.137. The van der Waals surface area contributed by atoms with Gasteiger partial charge in [-0.05, 0) is 31.4 Å². The first-order valence-electron chi connectivity index (χ1n) is 10.0. The Balaban J connectivity index is 1.70. The third kappa shape index (κ3) is 3.49. The first-order chi connectivity index (χ1) is 15.5. The Hall–Kier alpha value is -2.64. The summed E-state index contributed by atoms with van der Waals surface area (Å²) in [7, 11) is -4.17. The van der Waals surface area contributed by atoms with E-state index >= 15 is 0 Å². The van der Waals surface area contributed by atoms with Crippen LogP contribution in [0.2, 0.25) is 0 Å². The van der Waals surface area contributed by atoms with Gasteiger partial charge in [0, 0.05) is 36.2 Å². The summed E-state index contributed by atoms with van der Waals surface area (Å²) >= 11 is 0. The van der Waals surface area contributed by atoms with Crippen molar-refractivity contribution in [3.05, 3.63) is 41.7 Å². The van der Waals surface area contributed by atoms with E-state index in [1.165, 1.54) is 4.31 Å². The van der Waals surface area contributed by atoms with Gasteiger partial charge >= 0.3 is 6.18 Å². The Kier molecular flexibility index (Phi) is 4.99. The summed E-state index contributed by atoms with van der Waals surface area (Å²) in [6.07, 6.45) is -2.02. The first-order valence-corrected chi connectivity index (χ1v) is 11.5. The van der Waals surface area contributed by atoms with Gasteiger partial charge in [-0.15, -0.1) is 0 Å². The maximum atomic E-state index is 14.7. The maximum Gasteiger partial charge on any atom is 0.417 e. The average Bonchev–Trinajstić information content (AvgIpc) is 3.20. The molecule has 2 fully saturated rings. The Morgan fingerprint density at radius 1 is 1.06 bits per heavy atom. The second-order valence-electron chi connectivity index (χ2n) is 8.09. The fourth-order valence-electron chi connectivity index (χ4n) is 4.54. The van der Waals surface area contributed by atoms with Crippen LogP contribution in [0.1, 0.15) is 24.8 Å². The molecular weight excluding hydrogens is 471 g/mol. The Morgan fingerprint density at radius 3 is 2.30 bits per heavy atom. The van der Waals surface area contributed by atoms with Gasteiger partial charge in [-0.1, -0.05) is 0 Å². The number of nitrogens with one attached hydrogen (secondary N) is 1. The standard InChI is InChI=1S/C20H17F5N4O3S/c21-11-9-26-18(27-10-11)16-12-7-15(28-17(12)14(22)8-13(16)20(23,24)25)33(30,31)29-4-1-19(29)2-5-32-6-3-19/h7-10,28H,1-6H2. The van der Waals surface area contributed by atoms with Crippen molar-refractivity contribution >= 4 is 20.9 Å². The van der Waals surface area contributed by atoms with Gasteiger partial charge in [-0.25, -0.2) is 27.2 Å². The van der Waals surface area contributed by atoms with Crippen molar-refractivity contribution in [2.75, 3.05) is 19.8 Å². The Labute approximate surface area is 184 Å². The molecule has 2 aliphatic heterocycles. The van der Waals surface area contributed by atoms with E-state index in [9.17, 15) is 30.4 Å². The molecule has 2 aromatic heterocycles. The smallest absolute Gasteiger partial charge is 0.381 e. The van der Waals surface area contributed by atoms with E-state index in [0.717, 1.165) is 6.07 Å². The number of hydrogen-bond acceptors (Lipinski definition) is 5. The number of ether oxygens (including phenoxy) is 1. The molecule has 176 valence electrons. The van der Waals surface area contributed by atoms with Crippen molar-refractivity contribution in [2.24, 2.45) is 0 Å². The lowest BCUT2D eigenvalue weighted by atomic mass is 9.81. The zero-order valence-electron chi connectivity index (χ0n) is 16.9. The highest BCUT2D eigenvalue weighted by Gasteiger charge is 2.52. The molecular formula is C20H17F5N4O3S. The summed E-state index contributed by atoms with van der Waals surface area (Å²) < 4.78 is 103. The van der Waals surface area contributed by atoms with Crippen LogP contribution in [0.25, 0.3) is 22.3 Å². The molecule has 33 heavy (non-hydrogen) atoms. The van der Waals surface area contributed by atoms with E-state index in [0.29, 0.717) is 44.9 Å². The second kappa shape index (κ2) is 7.43. The Morgan fingerprint density at radius 2 is 1.73 bits per heavy atom. The van der Waals surface area contributed by atoms with E-state index in [4.69, 9.17) is 4.74 Å². The molecule has 0 amide bonds. The van der Waals surface area contributed by atoms with Gasteiger partial charge in [-0.2, -0.15) is 17.5 Å². The van der Waals surface area contributed by atoms with Gasteiger partial charge in [0.1, 0.15) is 10.8 Å². The van der Waals surface area contributed by atoms with Crippen LogP contribution in [0.4, 0.5) is 22.0 Å². The van der Waals surface area contributed by atoms with Gasteiger partial charge in [0.05, 0.1) is 23.5 Å². The molecule has 0 atom stereocenters. The van der Waals surface area contributed by atoms with Gasteiger partial charge < -0.3 is 9.72 Å². The van der Waals surface area contributed by atoms with E-state index < -0.39 is 60.9 Å². The normalized spacial score (nSPS) is 19.2. The van der Waals surface area contributed by atoms with Crippen molar-refractivity contribution < 1.29 is 35.1 Å². The van der Waals surface area contributed by atoms with E-state index in [2.05, 4.69) is 15.0 Å². The summed E-state index contributed by atoms with van der Waals surface area (Å²) in [6.45, 7) is 1.03. The first kappa shape index (κ1) is 22.2. The summed E-state index contributed by atoms with van der Waals surface area (Å²) in [5.41, 5.74) is -3.09. The van der Waals surface area contributed by atoms with Crippen LogP contribution in [-0.2, 0) is 20.9 Å². The third-order valence-corrected chi connectivity index (χ3v) is 8.22. The number of sulfonamides is 1. The topological polar surface area (TPSA) is 88.2 Å².